The maximum atomic E-state index is 3.54. The van der Waals surface area contributed by atoms with E-state index in [2.05, 4.69) is 29.7 Å². The van der Waals surface area contributed by atoms with Gasteiger partial charge in [0.25, 0.3) is 0 Å². The molecule has 0 aromatic carbocycles. The Morgan fingerprint density at radius 1 is 1.21 bits per heavy atom. The molecule has 2 heteroatoms. The fourth-order valence-corrected chi connectivity index (χ4v) is 1.86. The molecule has 0 bridgehead atoms. The van der Waals surface area contributed by atoms with Gasteiger partial charge in [-0.3, -0.25) is 0 Å². The summed E-state index contributed by atoms with van der Waals surface area (Å²) in [5.74, 6) is 0.888. The van der Waals surface area contributed by atoms with Crippen molar-refractivity contribution in [1.29, 1.82) is 0 Å². The van der Waals surface area contributed by atoms with Crippen molar-refractivity contribution in [3.8, 4) is 0 Å². The standard InChI is InChI=1S/C12H24N2/c1-2-13-9-6-10-14-11-12-7-4-3-5-8-12/h3-4,12-14H,2,5-11H2,1H3. The van der Waals surface area contributed by atoms with Crippen molar-refractivity contribution in [1.82, 2.24) is 10.6 Å². The van der Waals surface area contributed by atoms with Crippen LogP contribution in [0.4, 0.5) is 0 Å². The fourth-order valence-electron chi connectivity index (χ4n) is 1.86. The zero-order valence-corrected chi connectivity index (χ0v) is 9.39. The Hall–Kier alpha value is -0.340. The van der Waals surface area contributed by atoms with E-state index >= 15 is 0 Å². The molecule has 0 saturated heterocycles. The average Bonchev–Trinajstić information content (AvgIpc) is 2.25. The Morgan fingerprint density at radius 3 is 2.79 bits per heavy atom. The first-order chi connectivity index (χ1) is 6.93. The minimum absolute atomic E-state index is 0.888. The van der Waals surface area contributed by atoms with E-state index in [1.165, 1.54) is 32.2 Å². The van der Waals surface area contributed by atoms with Gasteiger partial charge in [-0.25, -0.2) is 0 Å². The molecule has 82 valence electrons. The molecule has 0 saturated carbocycles. The van der Waals surface area contributed by atoms with E-state index in [0.29, 0.717) is 0 Å². The second-order valence-corrected chi connectivity index (χ2v) is 4.06. The number of rotatable bonds is 7. The highest BCUT2D eigenvalue weighted by Gasteiger charge is 2.08. The molecule has 0 heterocycles. The van der Waals surface area contributed by atoms with Crippen molar-refractivity contribution in [3.05, 3.63) is 12.2 Å². The molecule has 0 fully saturated rings. The second kappa shape index (κ2) is 8.01. The van der Waals surface area contributed by atoms with Crippen molar-refractivity contribution < 1.29 is 0 Å². The Balaban J connectivity index is 1.86. The first kappa shape index (κ1) is 11.7. The lowest BCUT2D eigenvalue weighted by Crippen LogP contribution is -2.26. The summed E-state index contributed by atoms with van der Waals surface area (Å²) in [6.07, 6.45) is 9.81. The van der Waals surface area contributed by atoms with Crippen molar-refractivity contribution in [2.45, 2.75) is 32.6 Å². The average molecular weight is 196 g/mol. The normalized spacial score (nSPS) is 21.4. The first-order valence-corrected chi connectivity index (χ1v) is 6.00. The van der Waals surface area contributed by atoms with Crippen LogP contribution >= 0.6 is 0 Å². The predicted octanol–water partition coefficient (Wildman–Crippen LogP) is 1.93. The lowest BCUT2D eigenvalue weighted by atomic mass is 9.94. The van der Waals surface area contributed by atoms with Crippen LogP contribution in [0.1, 0.15) is 32.6 Å². The number of hydrogen-bond donors (Lipinski definition) is 2. The van der Waals surface area contributed by atoms with Crippen LogP contribution in [0, 0.1) is 5.92 Å². The molecule has 1 aliphatic carbocycles. The molecular formula is C12H24N2. The lowest BCUT2D eigenvalue weighted by Gasteiger charge is -2.18. The van der Waals surface area contributed by atoms with E-state index in [4.69, 9.17) is 0 Å². The summed E-state index contributed by atoms with van der Waals surface area (Å²) in [6.45, 7) is 6.76. The van der Waals surface area contributed by atoms with E-state index in [1.807, 2.05) is 0 Å². The molecule has 0 amide bonds. The second-order valence-electron chi connectivity index (χ2n) is 4.06. The Morgan fingerprint density at radius 2 is 2.07 bits per heavy atom. The molecule has 0 radical (unpaired) electrons. The number of hydrogen-bond acceptors (Lipinski definition) is 2. The fraction of sp³-hybridized carbons (Fsp3) is 0.833. The van der Waals surface area contributed by atoms with Gasteiger partial charge in [-0.1, -0.05) is 19.1 Å². The van der Waals surface area contributed by atoms with Crippen LogP contribution in [0.25, 0.3) is 0 Å². The van der Waals surface area contributed by atoms with Gasteiger partial charge in [0.1, 0.15) is 0 Å². The van der Waals surface area contributed by atoms with Gasteiger partial charge in [0.05, 0.1) is 0 Å². The van der Waals surface area contributed by atoms with Crippen molar-refractivity contribution in [2.24, 2.45) is 5.92 Å². The summed E-state index contributed by atoms with van der Waals surface area (Å²) in [7, 11) is 0. The molecule has 1 atom stereocenters. The third kappa shape index (κ3) is 5.40. The van der Waals surface area contributed by atoms with E-state index in [0.717, 1.165) is 25.6 Å². The smallest absolute Gasteiger partial charge is 0.00174 e. The molecule has 0 aromatic rings. The molecular weight excluding hydrogens is 172 g/mol. The third-order valence-electron chi connectivity index (χ3n) is 2.77. The Bertz CT molecular complexity index is 154. The van der Waals surface area contributed by atoms with Gasteiger partial charge in [0.2, 0.25) is 0 Å². The van der Waals surface area contributed by atoms with Crippen molar-refractivity contribution in [2.75, 3.05) is 26.2 Å². The summed E-state index contributed by atoms with van der Waals surface area (Å²) in [5, 5.41) is 6.88. The lowest BCUT2D eigenvalue weighted by molar-refractivity contribution is 0.437. The van der Waals surface area contributed by atoms with Gasteiger partial charge >= 0.3 is 0 Å². The maximum Gasteiger partial charge on any atom is -0.00174 e. The van der Waals surface area contributed by atoms with Gasteiger partial charge in [0.15, 0.2) is 0 Å². The zero-order chi connectivity index (χ0) is 10.1. The highest BCUT2D eigenvalue weighted by Crippen LogP contribution is 2.16. The van der Waals surface area contributed by atoms with Crippen LogP contribution in [-0.2, 0) is 0 Å². The van der Waals surface area contributed by atoms with Crippen LogP contribution in [0.2, 0.25) is 0 Å². The number of allylic oxidation sites excluding steroid dienone is 2. The van der Waals surface area contributed by atoms with Crippen LogP contribution in [0.15, 0.2) is 12.2 Å². The molecule has 1 aliphatic rings. The van der Waals surface area contributed by atoms with E-state index in [1.54, 1.807) is 0 Å². The molecule has 0 aromatic heterocycles. The van der Waals surface area contributed by atoms with Crippen molar-refractivity contribution in [3.63, 3.8) is 0 Å². The van der Waals surface area contributed by atoms with Crippen LogP contribution in [-0.4, -0.2) is 26.2 Å². The first-order valence-electron chi connectivity index (χ1n) is 6.00. The molecule has 2 N–H and O–H groups in total. The van der Waals surface area contributed by atoms with Crippen LogP contribution in [0.3, 0.4) is 0 Å². The summed E-state index contributed by atoms with van der Waals surface area (Å²) in [5.41, 5.74) is 0. The molecule has 0 aliphatic heterocycles. The van der Waals surface area contributed by atoms with Gasteiger partial charge in [-0.2, -0.15) is 0 Å². The van der Waals surface area contributed by atoms with Crippen molar-refractivity contribution >= 4 is 0 Å². The highest BCUT2D eigenvalue weighted by atomic mass is 14.9. The molecule has 14 heavy (non-hydrogen) atoms. The van der Waals surface area contributed by atoms with E-state index in [-0.39, 0.29) is 0 Å². The SMILES string of the molecule is CCNCCCNCC1CC=CCC1. The predicted molar refractivity (Wildman–Crippen MR) is 62.5 cm³/mol. The van der Waals surface area contributed by atoms with Gasteiger partial charge in [-0.15, -0.1) is 0 Å². The summed E-state index contributed by atoms with van der Waals surface area (Å²) < 4.78 is 0. The largest absolute Gasteiger partial charge is 0.317 e. The van der Waals surface area contributed by atoms with Gasteiger partial charge in [0, 0.05) is 0 Å². The number of nitrogens with one attached hydrogen (secondary N) is 2. The van der Waals surface area contributed by atoms with E-state index in [9.17, 15) is 0 Å². The summed E-state index contributed by atoms with van der Waals surface area (Å²) >= 11 is 0. The van der Waals surface area contributed by atoms with Gasteiger partial charge < -0.3 is 10.6 Å². The Kier molecular flexibility index (Phi) is 6.71. The minimum Gasteiger partial charge on any atom is -0.317 e. The molecule has 1 rings (SSSR count). The monoisotopic (exact) mass is 196 g/mol. The van der Waals surface area contributed by atoms with Crippen LogP contribution < -0.4 is 10.6 Å². The maximum absolute atomic E-state index is 3.54. The third-order valence-corrected chi connectivity index (χ3v) is 2.77. The molecule has 1 unspecified atom stereocenters. The van der Waals surface area contributed by atoms with E-state index < -0.39 is 0 Å². The van der Waals surface area contributed by atoms with Gasteiger partial charge in [-0.05, 0) is 57.8 Å². The summed E-state index contributed by atoms with van der Waals surface area (Å²) in [6, 6.07) is 0. The zero-order valence-electron chi connectivity index (χ0n) is 9.39. The van der Waals surface area contributed by atoms with Crippen LogP contribution in [0.5, 0.6) is 0 Å². The molecule has 2 nitrogen and oxygen atoms in total. The minimum atomic E-state index is 0.888. The molecule has 0 spiro atoms. The topological polar surface area (TPSA) is 24.1 Å². The Labute approximate surface area is 88.2 Å². The summed E-state index contributed by atoms with van der Waals surface area (Å²) in [4.78, 5) is 0. The quantitative estimate of drug-likeness (QED) is 0.480. The highest BCUT2D eigenvalue weighted by molar-refractivity contribution is 4.90.